The summed E-state index contributed by atoms with van der Waals surface area (Å²) in [6, 6.07) is 6.42. The van der Waals surface area contributed by atoms with Crippen LogP contribution in [0.4, 0.5) is 0 Å². The van der Waals surface area contributed by atoms with Crippen molar-refractivity contribution >= 4 is 42.6 Å². The number of hydrogen-bond acceptors (Lipinski definition) is 2. The highest BCUT2D eigenvalue weighted by atomic mass is 79.9. The third-order valence-electron chi connectivity index (χ3n) is 3.62. The van der Waals surface area contributed by atoms with Gasteiger partial charge in [-0.25, -0.2) is 0 Å². The average Bonchev–Trinajstić information content (AvgIpc) is 2.39. The first-order chi connectivity index (χ1) is 9.60. The van der Waals surface area contributed by atoms with Gasteiger partial charge in [-0.2, -0.15) is 0 Å². The molecule has 2 aromatic rings. The molecule has 3 rings (SSSR count). The van der Waals surface area contributed by atoms with Gasteiger partial charge < -0.3 is 9.47 Å². The zero-order chi connectivity index (χ0) is 14.3. The second kappa shape index (κ2) is 5.66. The first-order valence-electron chi connectivity index (χ1n) is 6.79. The van der Waals surface area contributed by atoms with Gasteiger partial charge in [0.05, 0.1) is 0 Å². The van der Waals surface area contributed by atoms with Crippen molar-refractivity contribution in [2.45, 2.75) is 33.0 Å². The van der Waals surface area contributed by atoms with Gasteiger partial charge in [-0.05, 0) is 49.4 Å². The van der Waals surface area contributed by atoms with Crippen molar-refractivity contribution in [1.82, 2.24) is 0 Å². The highest BCUT2D eigenvalue weighted by molar-refractivity contribution is 9.11. The largest absolute Gasteiger partial charge is 0.464 e. The van der Waals surface area contributed by atoms with Crippen molar-refractivity contribution in [3.63, 3.8) is 0 Å². The Hall–Kier alpha value is -0.580. The summed E-state index contributed by atoms with van der Waals surface area (Å²) in [7, 11) is 0. The highest BCUT2D eigenvalue weighted by Gasteiger charge is 2.24. The molecule has 0 aliphatic carbocycles. The molecule has 0 aromatic heterocycles. The van der Waals surface area contributed by atoms with Gasteiger partial charge in [0.1, 0.15) is 5.75 Å². The summed E-state index contributed by atoms with van der Waals surface area (Å²) in [5.41, 5.74) is 2.46. The quantitative estimate of drug-likeness (QED) is 0.676. The molecular weight excluding hydrogens is 384 g/mol. The molecule has 2 nitrogen and oxygen atoms in total. The van der Waals surface area contributed by atoms with Crippen LogP contribution in [0.5, 0.6) is 5.75 Å². The van der Waals surface area contributed by atoms with Gasteiger partial charge in [0.15, 0.2) is 6.29 Å². The molecule has 1 atom stereocenters. The van der Waals surface area contributed by atoms with Crippen LogP contribution in [0.1, 0.15) is 24.5 Å². The minimum absolute atomic E-state index is 0.113. The molecule has 1 unspecified atom stereocenters. The molecule has 2 aromatic carbocycles. The maximum Gasteiger partial charge on any atom is 0.200 e. The molecule has 0 saturated carbocycles. The summed E-state index contributed by atoms with van der Waals surface area (Å²) < 4.78 is 13.8. The molecule has 4 heteroatoms. The molecule has 20 heavy (non-hydrogen) atoms. The van der Waals surface area contributed by atoms with Gasteiger partial charge in [-0.15, -0.1) is 0 Å². The van der Waals surface area contributed by atoms with Gasteiger partial charge >= 0.3 is 0 Å². The normalized spacial score (nSPS) is 17.9. The summed E-state index contributed by atoms with van der Waals surface area (Å²) in [4.78, 5) is 0. The Bertz CT molecular complexity index is 667. The summed E-state index contributed by atoms with van der Waals surface area (Å²) >= 11 is 7.23. The molecule has 0 bridgehead atoms. The summed E-state index contributed by atoms with van der Waals surface area (Å²) in [5.74, 6) is 0.991. The topological polar surface area (TPSA) is 18.5 Å². The second-order valence-corrected chi connectivity index (χ2v) is 6.80. The van der Waals surface area contributed by atoms with Crippen LogP contribution in [0.3, 0.4) is 0 Å². The number of rotatable bonds is 2. The molecule has 1 heterocycles. The summed E-state index contributed by atoms with van der Waals surface area (Å²) in [6.07, 6.45) is 1.78. The van der Waals surface area contributed by atoms with Crippen LogP contribution in [0, 0.1) is 6.92 Å². The monoisotopic (exact) mass is 398 g/mol. The molecule has 0 saturated heterocycles. The van der Waals surface area contributed by atoms with E-state index in [0.29, 0.717) is 6.61 Å². The minimum atomic E-state index is -0.113. The number of fused-ring (bicyclic) bond motifs is 3. The third-order valence-corrected chi connectivity index (χ3v) is 4.71. The fraction of sp³-hybridized carbons (Fsp3) is 0.375. The highest BCUT2D eigenvalue weighted by Crippen LogP contribution is 2.41. The number of aryl methyl sites for hydroxylation is 2. The average molecular weight is 400 g/mol. The molecule has 1 aliphatic rings. The molecule has 0 radical (unpaired) electrons. The van der Waals surface area contributed by atoms with Crippen LogP contribution in [-0.2, 0) is 11.2 Å². The predicted octanol–water partition coefficient (Wildman–Crippen LogP) is 5.36. The van der Waals surface area contributed by atoms with Crippen LogP contribution in [0.15, 0.2) is 27.1 Å². The van der Waals surface area contributed by atoms with Crippen molar-refractivity contribution in [1.29, 1.82) is 0 Å². The Morgan fingerprint density at radius 3 is 2.85 bits per heavy atom. The van der Waals surface area contributed by atoms with E-state index >= 15 is 0 Å². The third kappa shape index (κ3) is 2.49. The van der Waals surface area contributed by atoms with Crippen LogP contribution in [0.25, 0.3) is 10.8 Å². The van der Waals surface area contributed by atoms with E-state index in [-0.39, 0.29) is 6.29 Å². The Morgan fingerprint density at radius 2 is 2.10 bits per heavy atom. The van der Waals surface area contributed by atoms with Crippen molar-refractivity contribution < 1.29 is 9.47 Å². The van der Waals surface area contributed by atoms with Gasteiger partial charge in [-0.1, -0.05) is 31.9 Å². The van der Waals surface area contributed by atoms with Crippen LogP contribution in [0.2, 0.25) is 0 Å². The Morgan fingerprint density at radius 1 is 1.30 bits per heavy atom. The van der Waals surface area contributed by atoms with E-state index < -0.39 is 0 Å². The minimum Gasteiger partial charge on any atom is -0.464 e. The smallest absolute Gasteiger partial charge is 0.200 e. The van der Waals surface area contributed by atoms with Crippen molar-refractivity contribution in [3.05, 3.63) is 38.3 Å². The van der Waals surface area contributed by atoms with E-state index in [2.05, 4.69) is 57.0 Å². The Kier molecular flexibility index (Phi) is 4.07. The summed E-state index contributed by atoms with van der Waals surface area (Å²) in [5, 5.41) is 2.49. The molecule has 1 aliphatic heterocycles. The lowest BCUT2D eigenvalue weighted by atomic mass is 9.95. The van der Waals surface area contributed by atoms with Gasteiger partial charge in [0.25, 0.3) is 0 Å². The Balaban J connectivity index is 2.18. The van der Waals surface area contributed by atoms with E-state index in [1.54, 1.807) is 0 Å². The maximum atomic E-state index is 6.04. The maximum absolute atomic E-state index is 6.04. The molecular formula is C16H16Br2O2. The Labute approximate surface area is 135 Å². The number of benzene rings is 2. The molecule has 0 N–H and O–H groups in total. The lowest BCUT2D eigenvalue weighted by molar-refractivity contribution is -0.0862. The molecule has 0 spiro atoms. The predicted molar refractivity (Wildman–Crippen MR) is 88.4 cm³/mol. The van der Waals surface area contributed by atoms with Gasteiger partial charge in [-0.3, -0.25) is 0 Å². The molecule has 0 fully saturated rings. The number of hydrogen-bond donors (Lipinski definition) is 0. The van der Waals surface area contributed by atoms with Crippen molar-refractivity contribution in [2.75, 3.05) is 6.61 Å². The van der Waals surface area contributed by atoms with E-state index in [1.165, 1.54) is 21.9 Å². The second-order valence-electron chi connectivity index (χ2n) is 5.03. The first kappa shape index (κ1) is 14.4. The zero-order valence-electron chi connectivity index (χ0n) is 11.5. The van der Waals surface area contributed by atoms with E-state index in [0.717, 1.165) is 27.5 Å². The van der Waals surface area contributed by atoms with Gasteiger partial charge in [0, 0.05) is 32.9 Å². The van der Waals surface area contributed by atoms with E-state index in [1.807, 2.05) is 6.92 Å². The van der Waals surface area contributed by atoms with Crippen LogP contribution in [-0.4, -0.2) is 12.9 Å². The lowest BCUT2D eigenvalue weighted by Crippen LogP contribution is -2.26. The van der Waals surface area contributed by atoms with Gasteiger partial charge in [0.2, 0.25) is 0 Å². The van der Waals surface area contributed by atoms with E-state index in [4.69, 9.17) is 9.47 Å². The fourth-order valence-corrected chi connectivity index (χ4v) is 4.33. The lowest BCUT2D eigenvalue weighted by Gasteiger charge is -2.28. The van der Waals surface area contributed by atoms with Crippen molar-refractivity contribution in [2.24, 2.45) is 0 Å². The number of ether oxygens (including phenoxy) is 2. The van der Waals surface area contributed by atoms with Crippen LogP contribution < -0.4 is 4.74 Å². The van der Waals surface area contributed by atoms with Crippen molar-refractivity contribution in [3.8, 4) is 5.75 Å². The van der Waals surface area contributed by atoms with Crippen LogP contribution >= 0.6 is 31.9 Å². The SMILES string of the molecule is CCOC1CCc2c(c(C)cc3cc(Br)cc(Br)c23)O1. The standard InChI is InChI=1S/C16H16Br2O2/c1-3-19-14-5-4-12-15-10(6-9(2)16(12)20-14)7-11(17)8-13(15)18/h6-8,14H,3-5H2,1-2H3. The fourth-order valence-electron chi connectivity index (χ4n) is 2.83. The molecule has 106 valence electrons. The number of halogens is 2. The molecule has 0 amide bonds. The summed E-state index contributed by atoms with van der Waals surface area (Å²) in [6.45, 7) is 4.78. The zero-order valence-corrected chi connectivity index (χ0v) is 14.7. The van der Waals surface area contributed by atoms with E-state index in [9.17, 15) is 0 Å². The first-order valence-corrected chi connectivity index (χ1v) is 8.38.